The molecule has 28 heavy (non-hydrogen) atoms. The van der Waals surface area contributed by atoms with Crippen LogP contribution in [0, 0.1) is 0 Å². The van der Waals surface area contributed by atoms with Crippen LogP contribution in [0.1, 0.15) is 12.8 Å². The van der Waals surface area contributed by atoms with Gasteiger partial charge >= 0.3 is 0 Å². The molecule has 1 heterocycles. The molecule has 0 N–H and O–H groups in total. The van der Waals surface area contributed by atoms with Gasteiger partial charge in [0.2, 0.25) is 10.0 Å². The standard InChI is InChI=1S/C19H22ClNO5S2/c20-16-7-9-18(10-8-16)28(24,25)19-11-12-21(15-19)27(22,23)14-4-13-26-17-5-2-1-3-6-17/h1-3,5-10,19H,4,11-15H2. The fraction of sp³-hybridized carbons (Fsp3) is 0.368. The third kappa shape index (κ3) is 5.05. The van der Waals surface area contributed by atoms with Crippen molar-refractivity contribution in [3.63, 3.8) is 0 Å². The molecule has 1 aliphatic rings. The number of para-hydroxylation sites is 1. The fourth-order valence-electron chi connectivity index (χ4n) is 3.10. The van der Waals surface area contributed by atoms with E-state index in [0.29, 0.717) is 17.2 Å². The van der Waals surface area contributed by atoms with Gasteiger partial charge in [-0.3, -0.25) is 0 Å². The second kappa shape index (κ2) is 8.82. The van der Waals surface area contributed by atoms with E-state index in [-0.39, 0.29) is 36.8 Å². The topological polar surface area (TPSA) is 80.8 Å². The van der Waals surface area contributed by atoms with Crippen LogP contribution >= 0.6 is 11.6 Å². The lowest BCUT2D eigenvalue weighted by atomic mass is 10.3. The molecule has 0 saturated carbocycles. The van der Waals surface area contributed by atoms with E-state index in [1.165, 1.54) is 28.6 Å². The van der Waals surface area contributed by atoms with E-state index >= 15 is 0 Å². The zero-order chi connectivity index (χ0) is 20.2. The van der Waals surface area contributed by atoms with E-state index < -0.39 is 25.1 Å². The quantitative estimate of drug-likeness (QED) is 0.586. The van der Waals surface area contributed by atoms with Gasteiger partial charge in [-0.05, 0) is 49.2 Å². The zero-order valence-corrected chi connectivity index (χ0v) is 17.6. The molecular weight excluding hydrogens is 422 g/mol. The number of sulfonamides is 1. The van der Waals surface area contributed by atoms with Crippen molar-refractivity contribution in [3.05, 3.63) is 59.6 Å². The lowest BCUT2D eigenvalue weighted by Crippen LogP contribution is -2.34. The van der Waals surface area contributed by atoms with Gasteiger partial charge in [0.1, 0.15) is 5.75 Å². The maximum absolute atomic E-state index is 12.8. The van der Waals surface area contributed by atoms with E-state index in [1.54, 1.807) is 12.1 Å². The number of nitrogens with zero attached hydrogens (tertiary/aromatic N) is 1. The predicted octanol–water partition coefficient (Wildman–Crippen LogP) is 2.99. The van der Waals surface area contributed by atoms with Crippen LogP contribution in [0.25, 0.3) is 0 Å². The Hall–Kier alpha value is -1.61. The molecule has 1 fully saturated rings. The summed E-state index contributed by atoms with van der Waals surface area (Å²) in [6, 6.07) is 15.1. The second-order valence-electron chi connectivity index (χ2n) is 6.60. The number of hydrogen-bond acceptors (Lipinski definition) is 5. The Morgan fingerprint density at radius 1 is 1.00 bits per heavy atom. The van der Waals surface area contributed by atoms with Crippen LogP contribution in [-0.2, 0) is 19.9 Å². The van der Waals surface area contributed by atoms with Crippen molar-refractivity contribution >= 4 is 31.5 Å². The summed E-state index contributed by atoms with van der Waals surface area (Å²) >= 11 is 5.81. The summed E-state index contributed by atoms with van der Waals surface area (Å²) in [7, 11) is -7.13. The molecule has 0 aromatic heterocycles. The summed E-state index contributed by atoms with van der Waals surface area (Å²) in [5.74, 6) is 0.614. The highest BCUT2D eigenvalue weighted by atomic mass is 35.5. The molecule has 1 unspecified atom stereocenters. The van der Waals surface area contributed by atoms with Crippen LogP contribution in [0.4, 0.5) is 0 Å². The Morgan fingerprint density at radius 3 is 2.36 bits per heavy atom. The summed E-state index contributed by atoms with van der Waals surface area (Å²) in [5.41, 5.74) is 0. The van der Waals surface area contributed by atoms with Crippen molar-refractivity contribution in [2.24, 2.45) is 0 Å². The van der Waals surface area contributed by atoms with Crippen molar-refractivity contribution in [1.82, 2.24) is 4.31 Å². The monoisotopic (exact) mass is 443 g/mol. The third-order valence-corrected chi connectivity index (χ3v) is 9.01. The smallest absolute Gasteiger partial charge is 0.214 e. The molecule has 6 nitrogen and oxygen atoms in total. The van der Waals surface area contributed by atoms with Gasteiger partial charge in [-0.25, -0.2) is 21.1 Å². The fourth-order valence-corrected chi connectivity index (χ4v) is 6.54. The van der Waals surface area contributed by atoms with Crippen molar-refractivity contribution < 1.29 is 21.6 Å². The first-order valence-corrected chi connectivity index (χ1v) is 12.5. The van der Waals surface area contributed by atoms with E-state index in [2.05, 4.69) is 0 Å². The highest BCUT2D eigenvalue weighted by Gasteiger charge is 2.38. The average molecular weight is 444 g/mol. The summed E-state index contributed by atoms with van der Waals surface area (Å²) < 4.78 is 57.4. The number of hydrogen-bond donors (Lipinski definition) is 0. The van der Waals surface area contributed by atoms with Gasteiger partial charge in [-0.2, -0.15) is 0 Å². The lowest BCUT2D eigenvalue weighted by Gasteiger charge is -2.17. The van der Waals surface area contributed by atoms with Gasteiger partial charge in [0.25, 0.3) is 0 Å². The van der Waals surface area contributed by atoms with E-state index in [0.717, 1.165) is 0 Å². The van der Waals surface area contributed by atoms with Crippen LogP contribution in [0.5, 0.6) is 5.75 Å². The van der Waals surface area contributed by atoms with Crippen molar-refractivity contribution in [3.8, 4) is 5.75 Å². The second-order valence-corrected chi connectivity index (χ2v) is 11.4. The highest BCUT2D eigenvalue weighted by molar-refractivity contribution is 7.92. The molecule has 1 atom stereocenters. The van der Waals surface area contributed by atoms with Crippen LogP contribution in [-0.4, -0.2) is 51.8 Å². The van der Waals surface area contributed by atoms with Crippen molar-refractivity contribution in [1.29, 1.82) is 0 Å². The Balaban J connectivity index is 1.55. The molecule has 0 radical (unpaired) electrons. The van der Waals surface area contributed by atoms with Crippen LogP contribution in [0.3, 0.4) is 0 Å². The SMILES string of the molecule is O=S(=O)(c1ccc(Cl)cc1)C1CCN(S(=O)(=O)CCCOc2ccccc2)C1. The number of ether oxygens (including phenoxy) is 1. The lowest BCUT2D eigenvalue weighted by molar-refractivity contribution is 0.316. The molecule has 152 valence electrons. The van der Waals surface area contributed by atoms with Gasteiger partial charge in [0.15, 0.2) is 9.84 Å². The maximum atomic E-state index is 12.8. The summed E-state index contributed by atoms with van der Waals surface area (Å²) in [6.45, 7) is 0.468. The third-order valence-electron chi connectivity index (χ3n) is 4.64. The predicted molar refractivity (Wildman–Crippen MR) is 109 cm³/mol. The molecule has 1 saturated heterocycles. The van der Waals surface area contributed by atoms with Gasteiger partial charge < -0.3 is 4.74 Å². The van der Waals surface area contributed by atoms with E-state index in [9.17, 15) is 16.8 Å². The Morgan fingerprint density at radius 2 is 1.68 bits per heavy atom. The molecule has 0 aliphatic carbocycles. The minimum absolute atomic E-state index is 0.0210. The molecule has 0 spiro atoms. The Bertz CT molecular complexity index is 992. The first-order chi connectivity index (χ1) is 13.3. The molecule has 9 heteroatoms. The van der Waals surface area contributed by atoms with E-state index in [1.807, 2.05) is 18.2 Å². The molecular formula is C19H22ClNO5S2. The minimum atomic E-state index is -3.60. The van der Waals surface area contributed by atoms with Crippen molar-refractivity contribution in [2.45, 2.75) is 23.0 Å². The normalized spacial score (nSPS) is 18.2. The number of halogens is 1. The van der Waals surface area contributed by atoms with Crippen LogP contribution < -0.4 is 4.74 Å². The molecule has 3 rings (SSSR count). The van der Waals surface area contributed by atoms with E-state index in [4.69, 9.17) is 16.3 Å². The van der Waals surface area contributed by atoms with Gasteiger partial charge in [0.05, 0.1) is 22.5 Å². The summed E-state index contributed by atoms with van der Waals surface area (Å²) in [5, 5.41) is -0.295. The van der Waals surface area contributed by atoms with Gasteiger partial charge in [-0.1, -0.05) is 29.8 Å². The largest absolute Gasteiger partial charge is 0.494 e. The summed E-state index contributed by atoms with van der Waals surface area (Å²) in [4.78, 5) is 0.164. The van der Waals surface area contributed by atoms with Gasteiger partial charge in [-0.15, -0.1) is 0 Å². The van der Waals surface area contributed by atoms with Crippen LogP contribution in [0.2, 0.25) is 5.02 Å². The average Bonchev–Trinajstić information content (AvgIpc) is 3.19. The Labute approximate surface area is 171 Å². The highest BCUT2D eigenvalue weighted by Crippen LogP contribution is 2.26. The molecule has 1 aliphatic heterocycles. The van der Waals surface area contributed by atoms with Crippen LogP contribution in [0.15, 0.2) is 59.5 Å². The first-order valence-electron chi connectivity index (χ1n) is 8.94. The molecule has 0 amide bonds. The van der Waals surface area contributed by atoms with Gasteiger partial charge in [0, 0.05) is 18.1 Å². The molecule has 2 aromatic carbocycles. The molecule has 0 bridgehead atoms. The number of rotatable bonds is 8. The zero-order valence-electron chi connectivity index (χ0n) is 15.2. The first kappa shape index (κ1) is 21.1. The Kier molecular flexibility index (Phi) is 6.65. The minimum Gasteiger partial charge on any atom is -0.494 e. The maximum Gasteiger partial charge on any atom is 0.214 e. The summed E-state index contributed by atoms with van der Waals surface area (Å²) in [6.07, 6.45) is 0.618. The molecule has 2 aromatic rings. The van der Waals surface area contributed by atoms with Crippen molar-refractivity contribution in [2.75, 3.05) is 25.4 Å². The number of sulfone groups is 1. The number of benzene rings is 2.